The molecular weight excluding hydrogens is 304 g/mol. The number of hydrogen-bond donors (Lipinski definition) is 3. The van der Waals surface area contributed by atoms with Crippen LogP contribution in [0.3, 0.4) is 0 Å². The van der Waals surface area contributed by atoms with Crippen LogP contribution in [0.25, 0.3) is 0 Å². The molecule has 0 radical (unpaired) electrons. The highest BCUT2D eigenvalue weighted by atomic mass is 16.1. The summed E-state index contributed by atoms with van der Waals surface area (Å²) in [5, 5.41) is 6.59. The van der Waals surface area contributed by atoms with Crippen molar-refractivity contribution < 1.29 is 4.79 Å². The van der Waals surface area contributed by atoms with Gasteiger partial charge in [-0.3, -0.25) is 9.79 Å². The van der Waals surface area contributed by atoms with E-state index in [0.717, 1.165) is 56.2 Å². The maximum Gasteiger partial charge on any atom is 0.220 e. The second-order valence-corrected chi connectivity index (χ2v) is 6.00. The van der Waals surface area contributed by atoms with Crippen molar-refractivity contribution in [3.05, 3.63) is 23.9 Å². The van der Waals surface area contributed by atoms with Gasteiger partial charge >= 0.3 is 0 Å². The average Bonchev–Trinajstić information content (AvgIpc) is 2.62. The third kappa shape index (κ3) is 4.84. The first-order chi connectivity index (χ1) is 11.7. The van der Waals surface area contributed by atoms with Gasteiger partial charge in [-0.05, 0) is 25.3 Å². The fourth-order valence-corrected chi connectivity index (χ4v) is 2.87. The van der Waals surface area contributed by atoms with E-state index in [2.05, 4.69) is 38.5 Å². The summed E-state index contributed by atoms with van der Waals surface area (Å²) < 4.78 is 0. The third-order valence-electron chi connectivity index (χ3n) is 4.28. The van der Waals surface area contributed by atoms with E-state index in [1.165, 1.54) is 0 Å². The standard InChI is InChI=1S/C17H28N6O/c1-3-8-21-17(19-2)22-12-14-5-4-9-20-16(14)23-10-6-13(7-11-23)15(18)24/h4-5,9,13H,3,6-8,10-12H2,1-2H3,(H2,18,24)(H2,19,21,22). The molecule has 0 aromatic carbocycles. The van der Waals surface area contributed by atoms with Gasteiger partial charge in [0, 0.05) is 50.9 Å². The zero-order chi connectivity index (χ0) is 17.4. The second-order valence-electron chi connectivity index (χ2n) is 6.00. The molecule has 7 nitrogen and oxygen atoms in total. The van der Waals surface area contributed by atoms with Crippen molar-refractivity contribution in [2.75, 3.05) is 31.6 Å². The molecular formula is C17H28N6O. The van der Waals surface area contributed by atoms with E-state index in [0.29, 0.717) is 6.54 Å². The largest absolute Gasteiger partial charge is 0.369 e. The van der Waals surface area contributed by atoms with E-state index >= 15 is 0 Å². The smallest absolute Gasteiger partial charge is 0.220 e. The lowest BCUT2D eigenvalue weighted by atomic mass is 9.96. The van der Waals surface area contributed by atoms with Crippen LogP contribution in [0.1, 0.15) is 31.7 Å². The molecule has 2 heterocycles. The summed E-state index contributed by atoms with van der Waals surface area (Å²) in [7, 11) is 1.77. The monoisotopic (exact) mass is 332 g/mol. The number of pyridine rings is 1. The van der Waals surface area contributed by atoms with E-state index in [4.69, 9.17) is 5.73 Å². The van der Waals surface area contributed by atoms with Crippen molar-refractivity contribution in [1.82, 2.24) is 15.6 Å². The number of piperidine rings is 1. The Labute approximate surface area is 143 Å². The number of nitrogens with two attached hydrogens (primary N) is 1. The van der Waals surface area contributed by atoms with Crippen LogP contribution < -0.4 is 21.3 Å². The van der Waals surface area contributed by atoms with Gasteiger partial charge in [0.2, 0.25) is 5.91 Å². The minimum Gasteiger partial charge on any atom is -0.369 e. The molecule has 1 aliphatic rings. The number of nitrogens with zero attached hydrogens (tertiary/aromatic N) is 3. The number of amides is 1. The number of aromatic nitrogens is 1. The highest BCUT2D eigenvalue weighted by Gasteiger charge is 2.24. The van der Waals surface area contributed by atoms with E-state index < -0.39 is 0 Å². The Hall–Kier alpha value is -2.31. The number of hydrogen-bond acceptors (Lipinski definition) is 4. The number of anilines is 1. The highest BCUT2D eigenvalue weighted by Crippen LogP contribution is 2.24. The zero-order valence-corrected chi connectivity index (χ0v) is 14.6. The highest BCUT2D eigenvalue weighted by molar-refractivity contribution is 5.79. The van der Waals surface area contributed by atoms with Crippen molar-refractivity contribution in [2.45, 2.75) is 32.7 Å². The van der Waals surface area contributed by atoms with Crippen LogP contribution in [0.2, 0.25) is 0 Å². The number of guanidine groups is 1. The van der Waals surface area contributed by atoms with Gasteiger partial charge < -0.3 is 21.3 Å². The molecule has 1 fully saturated rings. The first kappa shape index (κ1) is 18.0. The number of nitrogens with one attached hydrogen (secondary N) is 2. The van der Waals surface area contributed by atoms with Crippen molar-refractivity contribution in [1.29, 1.82) is 0 Å². The molecule has 24 heavy (non-hydrogen) atoms. The summed E-state index contributed by atoms with van der Waals surface area (Å²) >= 11 is 0. The Kier molecular flexibility index (Phi) is 6.84. The van der Waals surface area contributed by atoms with Gasteiger partial charge in [0.05, 0.1) is 0 Å². The number of carbonyl (C=O) groups excluding carboxylic acids is 1. The van der Waals surface area contributed by atoms with Gasteiger partial charge in [-0.1, -0.05) is 13.0 Å². The topological polar surface area (TPSA) is 95.6 Å². The molecule has 1 aliphatic heterocycles. The number of primary amides is 1. The lowest BCUT2D eigenvalue weighted by molar-refractivity contribution is -0.122. The first-order valence-electron chi connectivity index (χ1n) is 8.58. The molecule has 0 unspecified atom stereocenters. The van der Waals surface area contributed by atoms with Crippen LogP contribution in [-0.4, -0.2) is 43.5 Å². The molecule has 7 heteroatoms. The van der Waals surface area contributed by atoms with Crippen molar-refractivity contribution >= 4 is 17.7 Å². The Morgan fingerprint density at radius 3 is 2.79 bits per heavy atom. The fraction of sp³-hybridized carbons (Fsp3) is 0.588. The average molecular weight is 332 g/mol. The molecule has 0 atom stereocenters. The fourth-order valence-electron chi connectivity index (χ4n) is 2.87. The molecule has 1 aromatic heterocycles. The molecule has 0 bridgehead atoms. The first-order valence-corrected chi connectivity index (χ1v) is 8.58. The Morgan fingerprint density at radius 1 is 1.42 bits per heavy atom. The number of carbonyl (C=O) groups is 1. The minimum absolute atomic E-state index is 0.0105. The van der Waals surface area contributed by atoms with E-state index in [-0.39, 0.29) is 11.8 Å². The van der Waals surface area contributed by atoms with Crippen LogP contribution in [0.15, 0.2) is 23.3 Å². The van der Waals surface area contributed by atoms with Crippen molar-refractivity contribution in [3.8, 4) is 0 Å². The van der Waals surface area contributed by atoms with E-state index in [1.54, 1.807) is 7.05 Å². The lowest BCUT2D eigenvalue weighted by Crippen LogP contribution is -2.40. The van der Waals surface area contributed by atoms with Gasteiger partial charge in [0.1, 0.15) is 5.82 Å². The molecule has 1 aromatic rings. The maximum absolute atomic E-state index is 11.3. The molecule has 0 saturated carbocycles. The number of aliphatic imine (C=N–C) groups is 1. The summed E-state index contributed by atoms with van der Waals surface area (Å²) in [6.07, 6.45) is 4.44. The molecule has 1 saturated heterocycles. The minimum atomic E-state index is -0.191. The van der Waals surface area contributed by atoms with Gasteiger partial charge in [0.25, 0.3) is 0 Å². The van der Waals surface area contributed by atoms with E-state index in [1.807, 2.05) is 12.3 Å². The van der Waals surface area contributed by atoms with Gasteiger partial charge in [-0.25, -0.2) is 4.98 Å². The summed E-state index contributed by atoms with van der Waals surface area (Å²) in [5.41, 5.74) is 6.53. The SMILES string of the molecule is CCCNC(=NC)NCc1cccnc1N1CCC(C(N)=O)CC1. The van der Waals surface area contributed by atoms with Gasteiger partial charge in [0.15, 0.2) is 5.96 Å². The molecule has 2 rings (SSSR count). The molecule has 4 N–H and O–H groups in total. The van der Waals surface area contributed by atoms with Crippen molar-refractivity contribution in [3.63, 3.8) is 0 Å². The third-order valence-corrected chi connectivity index (χ3v) is 4.28. The molecule has 0 spiro atoms. The van der Waals surface area contributed by atoms with Gasteiger partial charge in [-0.2, -0.15) is 0 Å². The predicted molar refractivity (Wildman–Crippen MR) is 96.9 cm³/mol. The van der Waals surface area contributed by atoms with Crippen LogP contribution in [-0.2, 0) is 11.3 Å². The van der Waals surface area contributed by atoms with Crippen LogP contribution in [0, 0.1) is 5.92 Å². The Bertz CT molecular complexity index is 566. The van der Waals surface area contributed by atoms with Crippen LogP contribution in [0.5, 0.6) is 0 Å². The normalized spacial score (nSPS) is 16.1. The Morgan fingerprint density at radius 2 is 2.17 bits per heavy atom. The molecule has 0 aliphatic carbocycles. The summed E-state index contributed by atoms with van der Waals surface area (Å²) in [5.74, 6) is 1.56. The second kappa shape index (κ2) is 9.10. The summed E-state index contributed by atoms with van der Waals surface area (Å²) in [6.45, 7) is 5.28. The quantitative estimate of drug-likeness (QED) is 0.530. The van der Waals surface area contributed by atoms with E-state index in [9.17, 15) is 4.79 Å². The van der Waals surface area contributed by atoms with Gasteiger partial charge in [-0.15, -0.1) is 0 Å². The number of rotatable bonds is 6. The maximum atomic E-state index is 11.3. The molecule has 1 amide bonds. The summed E-state index contributed by atoms with van der Waals surface area (Å²) in [6, 6.07) is 4.02. The van der Waals surface area contributed by atoms with Crippen LogP contribution >= 0.6 is 0 Å². The lowest BCUT2D eigenvalue weighted by Gasteiger charge is -2.32. The van der Waals surface area contributed by atoms with Crippen molar-refractivity contribution in [2.24, 2.45) is 16.6 Å². The molecule has 132 valence electrons. The predicted octanol–water partition coefficient (Wildman–Crippen LogP) is 0.858. The summed E-state index contributed by atoms with van der Waals surface area (Å²) in [4.78, 5) is 22.3. The zero-order valence-electron chi connectivity index (χ0n) is 14.6. The Balaban J connectivity index is 1.99. The van der Waals surface area contributed by atoms with Crippen LogP contribution in [0.4, 0.5) is 5.82 Å².